The van der Waals surface area contributed by atoms with Gasteiger partial charge in [-0.15, -0.1) is 11.3 Å². The number of aliphatic hydroxyl groups excluding tert-OH is 1. The number of aliphatic hydroxyl groups is 1. The monoisotopic (exact) mass is 299 g/mol. The zero-order valence-corrected chi connectivity index (χ0v) is 12.1. The Hall–Kier alpha value is -2.04. The highest BCUT2D eigenvalue weighted by molar-refractivity contribution is 7.09. The van der Waals surface area contributed by atoms with Crippen LogP contribution in [0.5, 0.6) is 0 Å². The van der Waals surface area contributed by atoms with Crippen LogP contribution in [0.1, 0.15) is 16.7 Å². The summed E-state index contributed by atoms with van der Waals surface area (Å²) in [6.07, 6.45) is -0.556. The lowest BCUT2D eigenvalue weighted by molar-refractivity contribution is 0.173. The van der Waals surface area contributed by atoms with Gasteiger partial charge in [0.25, 0.3) is 0 Å². The van der Waals surface area contributed by atoms with Gasteiger partial charge in [0, 0.05) is 22.9 Å². The van der Waals surface area contributed by atoms with Crippen LogP contribution in [0.4, 0.5) is 4.39 Å². The molecular formula is C17H14FNOS. The van der Waals surface area contributed by atoms with Gasteiger partial charge in [-0.05, 0) is 6.07 Å². The van der Waals surface area contributed by atoms with E-state index in [1.807, 2.05) is 35.7 Å². The second-order valence-corrected chi connectivity index (χ2v) is 5.68. The first-order valence-corrected chi connectivity index (χ1v) is 7.54. The fourth-order valence-corrected chi connectivity index (χ4v) is 3.01. The maximum Gasteiger partial charge on any atom is 0.129 e. The van der Waals surface area contributed by atoms with E-state index in [0.29, 0.717) is 12.0 Å². The summed E-state index contributed by atoms with van der Waals surface area (Å²) in [6, 6.07) is 16.2. The molecule has 0 aliphatic rings. The molecular weight excluding hydrogens is 285 g/mol. The van der Waals surface area contributed by atoms with Gasteiger partial charge in [0.15, 0.2) is 0 Å². The number of aromatic nitrogens is 1. The molecule has 1 unspecified atom stereocenters. The number of benzene rings is 2. The normalized spacial score (nSPS) is 12.3. The first-order valence-electron chi connectivity index (χ1n) is 6.66. The minimum Gasteiger partial charge on any atom is -0.388 e. The summed E-state index contributed by atoms with van der Waals surface area (Å²) < 4.78 is 13.6. The van der Waals surface area contributed by atoms with Crippen LogP contribution in [-0.4, -0.2) is 10.1 Å². The van der Waals surface area contributed by atoms with Crippen molar-refractivity contribution in [2.75, 3.05) is 0 Å². The number of rotatable bonds is 4. The Morgan fingerprint density at radius 2 is 1.76 bits per heavy atom. The molecule has 21 heavy (non-hydrogen) atoms. The predicted molar refractivity (Wildman–Crippen MR) is 82.6 cm³/mol. The quantitative estimate of drug-likeness (QED) is 0.782. The van der Waals surface area contributed by atoms with Crippen LogP contribution in [0.3, 0.4) is 0 Å². The molecule has 1 N–H and O–H groups in total. The van der Waals surface area contributed by atoms with Crippen LogP contribution in [0, 0.1) is 5.82 Å². The molecule has 3 aromatic rings. The lowest BCUT2D eigenvalue weighted by Crippen LogP contribution is -2.04. The number of halogens is 1. The zero-order chi connectivity index (χ0) is 14.7. The Kier molecular flexibility index (Phi) is 4.08. The number of nitrogens with zero attached hydrogens (tertiary/aromatic N) is 1. The average molecular weight is 299 g/mol. The summed E-state index contributed by atoms with van der Waals surface area (Å²) in [6.45, 7) is 0. The standard InChI is InChI=1S/C17H14FNOS/c18-14-9-5-4-8-13(14)16(20)10-17-19-15(11-21-17)12-6-2-1-3-7-12/h1-9,11,16,20H,10H2. The summed E-state index contributed by atoms with van der Waals surface area (Å²) in [5.74, 6) is -0.384. The van der Waals surface area contributed by atoms with Crippen LogP contribution in [0.2, 0.25) is 0 Å². The van der Waals surface area contributed by atoms with Gasteiger partial charge in [0.1, 0.15) is 5.82 Å². The van der Waals surface area contributed by atoms with Gasteiger partial charge in [0.2, 0.25) is 0 Å². The van der Waals surface area contributed by atoms with Crippen LogP contribution in [0.15, 0.2) is 60.0 Å². The van der Waals surface area contributed by atoms with Crippen molar-refractivity contribution < 1.29 is 9.50 Å². The first-order chi connectivity index (χ1) is 10.2. The van der Waals surface area contributed by atoms with Gasteiger partial charge in [0.05, 0.1) is 16.8 Å². The minimum absolute atomic E-state index is 0.314. The maximum absolute atomic E-state index is 13.6. The Morgan fingerprint density at radius 3 is 2.52 bits per heavy atom. The molecule has 0 saturated heterocycles. The molecule has 2 nitrogen and oxygen atoms in total. The summed E-state index contributed by atoms with van der Waals surface area (Å²) in [7, 11) is 0. The summed E-state index contributed by atoms with van der Waals surface area (Å²) in [5, 5.41) is 12.9. The Balaban J connectivity index is 1.77. The second kappa shape index (κ2) is 6.16. The van der Waals surface area contributed by atoms with Gasteiger partial charge in [-0.1, -0.05) is 48.5 Å². The van der Waals surface area contributed by atoms with Gasteiger partial charge in [-0.3, -0.25) is 0 Å². The van der Waals surface area contributed by atoms with Gasteiger partial charge in [-0.2, -0.15) is 0 Å². The Bertz CT molecular complexity index is 726. The molecule has 1 atom stereocenters. The summed E-state index contributed by atoms with van der Waals surface area (Å²) in [5.41, 5.74) is 2.24. The molecule has 4 heteroatoms. The smallest absolute Gasteiger partial charge is 0.129 e. The average Bonchev–Trinajstić information content (AvgIpc) is 2.97. The lowest BCUT2D eigenvalue weighted by atomic mass is 10.1. The molecule has 0 saturated carbocycles. The molecule has 0 spiro atoms. The number of hydrogen-bond donors (Lipinski definition) is 1. The van der Waals surface area contributed by atoms with Crippen molar-refractivity contribution in [3.05, 3.63) is 76.4 Å². The molecule has 0 radical (unpaired) electrons. The van der Waals surface area contributed by atoms with Gasteiger partial charge in [-0.25, -0.2) is 9.37 Å². The van der Waals surface area contributed by atoms with Crippen LogP contribution in [-0.2, 0) is 6.42 Å². The molecule has 0 amide bonds. The maximum atomic E-state index is 13.6. The third kappa shape index (κ3) is 3.17. The van der Waals surface area contributed by atoms with E-state index in [-0.39, 0.29) is 5.82 Å². The van der Waals surface area contributed by atoms with Crippen molar-refractivity contribution >= 4 is 11.3 Å². The zero-order valence-electron chi connectivity index (χ0n) is 11.2. The lowest BCUT2D eigenvalue weighted by Gasteiger charge is -2.09. The second-order valence-electron chi connectivity index (χ2n) is 4.73. The highest BCUT2D eigenvalue weighted by atomic mass is 32.1. The third-order valence-corrected chi connectivity index (χ3v) is 4.12. The molecule has 1 heterocycles. The van der Waals surface area contributed by atoms with Crippen molar-refractivity contribution in [1.29, 1.82) is 0 Å². The van der Waals surface area contributed by atoms with Crippen molar-refractivity contribution in [3.63, 3.8) is 0 Å². The van der Waals surface area contributed by atoms with E-state index in [4.69, 9.17) is 0 Å². The van der Waals surface area contributed by atoms with Crippen molar-refractivity contribution in [1.82, 2.24) is 4.98 Å². The van der Waals surface area contributed by atoms with E-state index >= 15 is 0 Å². The highest BCUT2D eigenvalue weighted by Crippen LogP contribution is 2.26. The topological polar surface area (TPSA) is 33.1 Å². The van der Waals surface area contributed by atoms with E-state index < -0.39 is 6.10 Å². The van der Waals surface area contributed by atoms with Crippen LogP contribution >= 0.6 is 11.3 Å². The molecule has 106 valence electrons. The van der Waals surface area contributed by atoms with E-state index in [1.165, 1.54) is 17.4 Å². The molecule has 0 fully saturated rings. The Morgan fingerprint density at radius 1 is 1.05 bits per heavy atom. The molecule has 1 aromatic heterocycles. The number of hydrogen-bond acceptors (Lipinski definition) is 3. The first kappa shape index (κ1) is 13.9. The highest BCUT2D eigenvalue weighted by Gasteiger charge is 2.15. The Labute approximate surface area is 126 Å². The van der Waals surface area contributed by atoms with E-state index in [9.17, 15) is 9.50 Å². The van der Waals surface area contributed by atoms with Crippen molar-refractivity contribution in [2.24, 2.45) is 0 Å². The van der Waals surface area contributed by atoms with E-state index in [1.54, 1.807) is 18.2 Å². The van der Waals surface area contributed by atoms with Crippen LogP contribution in [0.25, 0.3) is 11.3 Å². The summed E-state index contributed by atoms with van der Waals surface area (Å²) in [4.78, 5) is 4.51. The van der Waals surface area contributed by atoms with E-state index in [0.717, 1.165) is 16.3 Å². The fourth-order valence-electron chi connectivity index (χ4n) is 2.17. The minimum atomic E-state index is -0.874. The summed E-state index contributed by atoms with van der Waals surface area (Å²) >= 11 is 1.48. The van der Waals surface area contributed by atoms with Crippen molar-refractivity contribution in [2.45, 2.75) is 12.5 Å². The third-order valence-electron chi connectivity index (χ3n) is 3.25. The molecule has 0 bridgehead atoms. The molecule has 0 aliphatic carbocycles. The predicted octanol–water partition coefficient (Wildman–Crippen LogP) is 4.23. The number of thiazole rings is 1. The molecule has 2 aromatic carbocycles. The molecule has 3 rings (SSSR count). The largest absolute Gasteiger partial charge is 0.388 e. The van der Waals surface area contributed by atoms with Gasteiger partial charge >= 0.3 is 0 Å². The molecule has 0 aliphatic heterocycles. The van der Waals surface area contributed by atoms with Gasteiger partial charge < -0.3 is 5.11 Å². The fraction of sp³-hybridized carbons (Fsp3) is 0.118. The van der Waals surface area contributed by atoms with E-state index in [2.05, 4.69) is 4.98 Å². The van der Waals surface area contributed by atoms with Crippen LogP contribution < -0.4 is 0 Å². The van der Waals surface area contributed by atoms with Crippen molar-refractivity contribution in [3.8, 4) is 11.3 Å². The SMILES string of the molecule is OC(Cc1nc(-c2ccccc2)cs1)c1ccccc1F.